The molecule has 0 N–H and O–H groups in total. The topological polar surface area (TPSA) is 52.6 Å². The van der Waals surface area contributed by atoms with E-state index in [2.05, 4.69) is 23.9 Å². The van der Waals surface area contributed by atoms with Gasteiger partial charge in [0.25, 0.3) is 0 Å². The normalized spacial score (nSPS) is 67.8. The monoisotopic (exact) mass is 334 g/mol. The minimum atomic E-state index is -0.248. The standard InChI is InChI=1S/C16H14O4S2/c17-15-9-10(16(18)20-15)14-8-7(13(9)22-14)11-5-3-1-2-4(19-3)6(5)12(8)21-11/h1-14H. The summed E-state index contributed by atoms with van der Waals surface area (Å²) in [6.45, 7) is 0. The fraction of sp³-hybridized carbons (Fsp3) is 0.750. The van der Waals surface area contributed by atoms with Crippen LogP contribution in [0, 0.1) is 35.5 Å². The molecule has 6 saturated heterocycles. The van der Waals surface area contributed by atoms with Crippen molar-refractivity contribution in [1.82, 2.24) is 0 Å². The first kappa shape index (κ1) is 12.0. The Morgan fingerprint density at radius 1 is 0.727 bits per heavy atom. The van der Waals surface area contributed by atoms with Crippen molar-refractivity contribution in [2.75, 3.05) is 0 Å². The third-order valence-corrected chi connectivity index (χ3v) is 10.9. The van der Waals surface area contributed by atoms with Crippen LogP contribution in [0.25, 0.3) is 0 Å². The Morgan fingerprint density at radius 3 is 1.77 bits per heavy atom. The third-order valence-electron chi connectivity index (χ3n) is 7.20. The second-order valence-electron chi connectivity index (χ2n) is 7.68. The molecule has 7 rings (SSSR count). The van der Waals surface area contributed by atoms with Gasteiger partial charge in [-0.2, -0.15) is 23.5 Å². The molecule has 0 amide bonds. The summed E-state index contributed by atoms with van der Waals surface area (Å²) in [6, 6.07) is 0. The molecule has 6 heteroatoms. The smallest absolute Gasteiger partial charge is 0.318 e. The van der Waals surface area contributed by atoms with Crippen molar-refractivity contribution in [3.63, 3.8) is 0 Å². The summed E-state index contributed by atoms with van der Waals surface area (Å²) in [5.41, 5.74) is 0. The van der Waals surface area contributed by atoms with Crippen molar-refractivity contribution >= 4 is 35.5 Å². The maximum absolute atomic E-state index is 12.1. The van der Waals surface area contributed by atoms with Crippen molar-refractivity contribution in [1.29, 1.82) is 0 Å². The summed E-state index contributed by atoms with van der Waals surface area (Å²) in [6.07, 6.45) is 5.10. The Hall–Kier alpha value is -0.460. The highest BCUT2D eigenvalue weighted by atomic mass is 32.2. The molecule has 12 atom stereocenters. The summed E-state index contributed by atoms with van der Waals surface area (Å²) < 4.78 is 11.1. The van der Waals surface area contributed by atoms with E-state index in [1.807, 2.05) is 11.8 Å². The van der Waals surface area contributed by atoms with Crippen molar-refractivity contribution in [2.24, 2.45) is 35.5 Å². The molecule has 7 heterocycles. The van der Waals surface area contributed by atoms with Gasteiger partial charge in [0.15, 0.2) is 0 Å². The molecule has 0 saturated carbocycles. The van der Waals surface area contributed by atoms with Gasteiger partial charge in [-0.1, -0.05) is 12.2 Å². The van der Waals surface area contributed by atoms with Crippen LogP contribution in [0.5, 0.6) is 0 Å². The van der Waals surface area contributed by atoms with Crippen LogP contribution in [0.2, 0.25) is 0 Å². The Kier molecular flexibility index (Phi) is 1.89. The van der Waals surface area contributed by atoms with Gasteiger partial charge >= 0.3 is 11.9 Å². The second kappa shape index (κ2) is 3.47. The molecule has 0 aromatic rings. The predicted molar refractivity (Wildman–Crippen MR) is 80.2 cm³/mol. The lowest BCUT2D eigenvalue weighted by Crippen LogP contribution is -2.52. The molecular formula is C16H14O4S2. The van der Waals surface area contributed by atoms with Crippen LogP contribution in [-0.4, -0.2) is 45.1 Å². The summed E-state index contributed by atoms with van der Waals surface area (Å²) in [5.74, 6) is 1.64. The molecule has 0 aliphatic carbocycles. The molecule has 7 aliphatic heterocycles. The highest BCUT2D eigenvalue weighted by Crippen LogP contribution is 2.75. The second-order valence-corrected chi connectivity index (χ2v) is 10.4. The molecule has 12 unspecified atom stereocenters. The molecule has 6 bridgehead atoms. The number of carbonyl (C=O) groups excluding carboxylic acids is 2. The maximum atomic E-state index is 12.1. The van der Waals surface area contributed by atoms with E-state index < -0.39 is 0 Å². The SMILES string of the molecule is O=C1OC(=O)C2C3SC(C12)C1C2SC(C4C5C=CC(O5)C24)C31. The molecule has 22 heavy (non-hydrogen) atoms. The number of rotatable bonds is 0. The zero-order valence-electron chi connectivity index (χ0n) is 11.5. The van der Waals surface area contributed by atoms with Crippen molar-refractivity contribution in [2.45, 2.75) is 33.2 Å². The van der Waals surface area contributed by atoms with E-state index in [1.54, 1.807) is 0 Å². The highest BCUT2D eigenvalue weighted by Gasteiger charge is 2.77. The molecule has 0 aromatic carbocycles. The first-order chi connectivity index (χ1) is 10.7. The molecule has 0 spiro atoms. The lowest BCUT2D eigenvalue weighted by Gasteiger charge is -2.42. The van der Waals surface area contributed by atoms with Crippen molar-refractivity contribution < 1.29 is 19.1 Å². The van der Waals surface area contributed by atoms with Gasteiger partial charge in [-0.3, -0.25) is 9.59 Å². The summed E-state index contributed by atoms with van der Waals surface area (Å²) >= 11 is 4.09. The van der Waals surface area contributed by atoms with Gasteiger partial charge < -0.3 is 9.47 Å². The van der Waals surface area contributed by atoms with Crippen LogP contribution in [0.1, 0.15) is 0 Å². The van der Waals surface area contributed by atoms with E-state index in [4.69, 9.17) is 9.47 Å². The average molecular weight is 334 g/mol. The lowest BCUT2D eigenvalue weighted by atomic mass is 9.57. The Bertz CT molecular complexity index is 625. The van der Waals surface area contributed by atoms with Gasteiger partial charge in [0.05, 0.1) is 24.0 Å². The number of fused-ring (bicyclic) bond motifs is 19. The minimum Gasteiger partial charge on any atom is -0.393 e. The average Bonchev–Trinajstić information content (AvgIpc) is 3.31. The molecule has 0 aromatic heterocycles. The molecule has 7 aliphatic rings. The number of esters is 2. The molecular weight excluding hydrogens is 320 g/mol. The lowest BCUT2D eigenvalue weighted by molar-refractivity contribution is -0.153. The van der Waals surface area contributed by atoms with Gasteiger partial charge in [-0.05, 0) is 11.8 Å². The van der Waals surface area contributed by atoms with E-state index in [1.165, 1.54) is 0 Å². The predicted octanol–water partition coefficient (Wildman–Crippen LogP) is 1.10. The van der Waals surface area contributed by atoms with Gasteiger partial charge in [-0.25, -0.2) is 0 Å². The Morgan fingerprint density at radius 2 is 1.23 bits per heavy atom. The number of hydrogen-bond acceptors (Lipinski definition) is 6. The summed E-state index contributed by atoms with van der Waals surface area (Å²) in [7, 11) is 0. The van der Waals surface area contributed by atoms with Crippen molar-refractivity contribution in [3.05, 3.63) is 12.2 Å². The van der Waals surface area contributed by atoms with E-state index in [9.17, 15) is 9.59 Å². The van der Waals surface area contributed by atoms with Crippen LogP contribution in [0.15, 0.2) is 12.2 Å². The fourth-order valence-corrected chi connectivity index (χ4v) is 11.7. The van der Waals surface area contributed by atoms with Crippen molar-refractivity contribution in [3.8, 4) is 0 Å². The summed E-state index contributed by atoms with van der Waals surface area (Å²) in [4.78, 5) is 24.2. The molecule has 0 radical (unpaired) electrons. The minimum absolute atomic E-state index is 0.155. The van der Waals surface area contributed by atoms with E-state index >= 15 is 0 Å². The van der Waals surface area contributed by atoms with E-state index in [-0.39, 0.29) is 23.8 Å². The van der Waals surface area contributed by atoms with Crippen LogP contribution in [-0.2, 0) is 19.1 Å². The molecule has 6 fully saturated rings. The van der Waals surface area contributed by atoms with Gasteiger partial charge in [0, 0.05) is 32.8 Å². The highest BCUT2D eigenvalue weighted by molar-refractivity contribution is 8.03. The van der Waals surface area contributed by atoms with Gasteiger partial charge in [-0.15, -0.1) is 0 Å². The summed E-state index contributed by atoms with van der Waals surface area (Å²) in [5, 5.41) is 1.86. The Labute approximate surface area is 135 Å². The maximum Gasteiger partial charge on any atom is 0.318 e. The number of thioether (sulfide) groups is 2. The van der Waals surface area contributed by atoms with Crippen LogP contribution < -0.4 is 0 Å². The van der Waals surface area contributed by atoms with Crippen LogP contribution in [0.3, 0.4) is 0 Å². The molecule has 4 nitrogen and oxygen atoms in total. The van der Waals surface area contributed by atoms with Crippen LogP contribution >= 0.6 is 23.5 Å². The number of cyclic esters (lactones) is 2. The van der Waals surface area contributed by atoms with Gasteiger partial charge in [0.1, 0.15) is 0 Å². The van der Waals surface area contributed by atoms with Gasteiger partial charge in [0.2, 0.25) is 0 Å². The third kappa shape index (κ3) is 1.04. The first-order valence-corrected chi connectivity index (χ1v) is 10.0. The first-order valence-electron chi connectivity index (χ1n) is 8.14. The number of carbonyl (C=O) groups is 2. The largest absolute Gasteiger partial charge is 0.393 e. The zero-order chi connectivity index (χ0) is 14.3. The molecule has 114 valence electrons. The zero-order valence-corrected chi connectivity index (χ0v) is 13.2. The number of ether oxygens (including phenoxy) is 2. The van der Waals surface area contributed by atoms with Crippen LogP contribution in [0.4, 0.5) is 0 Å². The quantitative estimate of drug-likeness (QED) is 0.376. The fourth-order valence-electron chi connectivity index (χ4n) is 6.70. The van der Waals surface area contributed by atoms with E-state index in [0.29, 0.717) is 56.9 Å². The van der Waals surface area contributed by atoms with E-state index in [0.717, 1.165) is 0 Å². The number of hydrogen-bond donors (Lipinski definition) is 0. The Balaban J connectivity index is 1.35.